The molecule has 1 amide bonds. The Hall–Kier alpha value is -4.00. The first-order chi connectivity index (χ1) is 17.1. The molecule has 0 aliphatic rings. The van der Waals surface area contributed by atoms with Gasteiger partial charge in [0, 0.05) is 23.3 Å². The summed E-state index contributed by atoms with van der Waals surface area (Å²) in [6.07, 6.45) is -3.59. The lowest BCUT2D eigenvalue weighted by Crippen LogP contribution is -2.27. The lowest BCUT2D eigenvalue weighted by molar-refractivity contribution is -0.136. The predicted molar refractivity (Wildman–Crippen MR) is 124 cm³/mol. The van der Waals surface area contributed by atoms with Gasteiger partial charge in [-0.2, -0.15) is 17.9 Å². The molecule has 3 aromatic heterocycles. The number of aromatic nitrogens is 7. The van der Waals surface area contributed by atoms with Crippen LogP contribution in [0.5, 0.6) is 0 Å². The van der Waals surface area contributed by atoms with Gasteiger partial charge in [0.1, 0.15) is 6.54 Å². The van der Waals surface area contributed by atoms with E-state index in [2.05, 4.69) is 20.2 Å². The van der Waals surface area contributed by atoms with Crippen LogP contribution < -0.4 is 11.4 Å². The van der Waals surface area contributed by atoms with Crippen LogP contribution in [0.1, 0.15) is 35.4 Å². The van der Waals surface area contributed by atoms with Gasteiger partial charge in [0.05, 0.1) is 6.42 Å². The summed E-state index contributed by atoms with van der Waals surface area (Å²) >= 11 is 5.91. The number of amides is 1. The fourth-order valence-corrected chi connectivity index (χ4v) is 3.68. The van der Waals surface area contributed by atoms with E-state index in [0.717, 1.165) is 14.8 Å². The molecule has 0 fully saturated rings. The van der Waals surface area contributed by atoms with Gasteiger partial charge in [-0.25, -0.2) is 19.4 Å². The molecule has 0 bridgehead atoms. The molecule has 10 nitrogen and oxygen atoms in total. The van der Waals surface area contributed by atoms with Crippen molar-refractivity contribution in [3.63, 3.8) is 0 Å². The minimum absolute atomic E-state index is 0.00161. The van der Waals surface area contributed by atoms with Gasteiger partial charge in [-0.3, -0.25) is 9.36 Å². The van der Waals surface area contributed by atoms with Gasteiger partial charge in [-0.1, -0.05) is 24.6 Å². The first-order valence-electron chi connectivity index (χ1n) is 10.8. The van der Waals surface area contributed by atoms with Crippen molar-refractivity contribution in [1.29, 1.82) is 0 Å². The van der Waals surface area contributed by atoms with Crippen molar-refractivity contribution >= 4 is 17.5 Å². The van der Waals surface area contributed by atoms with Crippen LogP contribution in [0.4, 0.5) is 13.2 Å². The molecule has 0 aliphatic carbocycles. The Labute approximate surface area is 207 Å². The number of pyridine rings is 1. The van der Waals surface area contributed by atoms with Crippen LogP contribution >= 0.6 is 11.6 Å². The van der Waals surface area contributed by atoms with Crippen LogP contribution in [-0.2, 0) is 19.5 Å². The van der Waals surface area contributed by atoms with Crippen molar-refractivity contribution in [2.75, 3.05) is 0 Å². The first-order valence-corrected chi connectivity index (χ1v) is 11.2. The van der Waals surface area contributed by atoms with Gasteiger partial charge in [0.15, 0.2) is 17.5 Å². The maximum absolute atomic E-state index is 13.1. The lowest BCUT2D eigenvalue weighted by Gasteiger charge is -2.08. The van der Waals surface area contributed by atoms with E-state index in [-0.39, 0.29) is 24.0 Å². The van der Waals surface area contributed by atoms with Crippen molar-refractivity contribution in [2.24, 2.45) is 5.73 Å². The van der Waals surface area contributed by atoms with Gasteiger partial charge in [0.2, 0.25) is 5.82 Å². The van der Waals surface area contributed by atoms with Crippen molar-refractivity contribution in [2.45, 2.75) is 39.0 Å². The van der Waals surface area contributed by atoms with E-state index in [0.29, 0.717) is 22.8 Å². The number of halogens is 4. The summed E-state index contributed by atoms with van der Waals surface area (Å²) < 4.78 is 41.8. The number of carbonyl (C=O) groups is 1. The summed E-state index contributed by atoms with van der Waals surface area (Å²) in [7, 11) is 0. The first kappa shape index (κ1) is 25.1. The molecule has 4 rings (SSSR count). The summed E-state index contributed by atoms with van der Waals surface area (Å²) in [5, 5.41) is 8.94. The average Bonchev–Trinajstić information content (AvgIpc) is 3.39. The number of benzene rings is 1. The SMILES string of the molecule is CCc1cccnc1-n1nc(Cn2nc(-c3ccc(Cl)cc3)n(CCC(F)(F)F)c2=O)nc1C(N)=O. The molecular formula is C22H20ClF3N8O2. The number of alkyl halides is 3. The normalized spacial score (nSPS) is 11.7. The maximum atomic E-state index is 13.1. The molecule has 0 aliphatic heterocycles. The minimum atomic E-state index is -4.48. The monoisotopic (exact) mass is 520 g/mol. The van der Waals surface area contributed by atoms with Crippen LogP contribution in [-0.4, -0.2) is 46.2 Å². The van der Waals surface area contributed by atoms with E-state index < -0.39 is 30.7 Å². The number of nitrogens with two attached hydrogens (primary N) is 1. The Kier molecular flexibility index (Phi) is 6.93. The summed E-state index contributed by atoms with van der Waals surface area (Å²) in [4.78, 5) is 33.5. The van der Waals surface area contributed by atoms with E-state index in [9.17, 15) is 22.8 Å². The third-order valence-electron chi connectivity index (χ3n) is 5.26. The summed E-state index contributed by atoms with van der Waals surface area (Å²) in [5.41, 5.74) is 5.85. The quantitative estimate of drug-likeness (QED) is 0.380. The predicted octanol–water partition coefficient (Wildman–Crippen LogP) is 3.00. The number of hydrogen-bond acceptors (Lipinski definition) is 6. The van der Waals surface area contributed by atoms with Crippen LogP contribution in [0.3, 0.4) is 0 Å². The van der Waals surface area contributed by atoms with E-state index in [4.69, 9.17) is 17.3 Å². The Bertz CT molecular complexity index is 1460. The smallest absolute Gasteiger partial charge is 0.363 e. The highest BCUT2D eigenvalue weighted by Gasteiger charge is 2.29. The molecule has 0 saturated carbocycles. The fourth-order valence-electron chi connectivity index (χ4n) is 3.56. The largest absolute Gasteiger partial charge is 0.390 e. The van der Waals surface area contributed by atoms with Crippen LogP contribution in [0.25, 0.3) is 17.2 Å². The van der Waals surface area contributed by atoms with Crippen LogP contribution in [0.2, 0.25) is 5.02 Å². The van der Waals surface area contributed by atoms with Crippen molar-refractivity contribution in [3.05, 3.63) is 75.3 Å². The standard InChI is InChI=1S/C22H20ClF3N8O2/c1-2-13-4-3-10-28-18(13)34-20(17(27)35)29-16(30-34)12-33-21(36)32(11-9-22(24,25)26)19(31-33)14-5-7-15(23)8-6-14/h3-8,10H,2,9,11-12H2,1H3,(H2,27,35). The topological polar surface area (TPSA) is 127 Å². The Morgan fingerprint density at radius 1 is 1.14 bits per heavy atom. The van der Waals surface area contributed by atoms with Crippen LogP contribution in [0, 0.1) is 0 Å². The molecule has 0 atom stereocenters. The number of nitrogens with zero attached hydrogens (tertiary/aromatic N) is 7. The third-order valence-corrected chi connectivity index (χ3v) is 5.51. The summed E-state index contributed by atoms with van der Waals surface area (Å²) in [5.74, 6) is -0.708. The fraction of sp³-hybridized carbons (Fsp3) is 0.273. The summed E-state index contributed by atoms with van der Waals surface area (Å²) in [6.45, 7) is 0.941. The van der Waals surface area contributed by atoms with E-state index in [1.807, 2.05) is 6.92 Å². The van der Waals surface area contributed by atoms with Gasteiger partial charge in [-0.15, -0.1) is 10.2 Å². The molecular weight excluding hydrogens is 501 g/mol. The molecule has 188 valence electrons. The van der Waals surface area contributed by atoms with Crippen molar-refractivity contribution in [3.8, 4) is 17.2 Å². The van der Waals surface area contributed by atoms with E-state index >= 15 is 0 Å². The molecule has 0 unspecified atom stereocenters. The third kappa shape index (κ3) is 5.30. The van der Waals surface area contributed by atoms with E-state index in [1.54, 1.807) is 24.3 Å². The minimum Gasteiger partial charge on any atom is -0.363 e. The van der Waals surface area contributed by atoms with Crippen LogP contribution in [0.15, 0.2) is 47.4 Å². The second-order valence-corrected chi connectivity index (χ2v) is 8.19. The number of rotatable bonds is 8. The Morgan fingerprint density at radius 2 is 1.86 bits per heavy atom. The average molecular weight is 521 g/mol. The molecule has 4 aromatic rings. The number of aryl methyl sites for hydroxylation is 1. The molecule has 3 heterocycles. The zero-order valence-electron chi connectivity index (χ0n) is 18.9. The number of carbonyl (C=O) groups excluding carboxylic acids is 1. The Morgan fingerprint density at radius 3 is 2.50 bits per heavy atom. The van der Waals surface area contributed by atoms with Gasteiger partial charge in [-0.05, 0) is 42.3 Å². The van der Waals surface area contributed by atoms with Gasteiger partial charge < -0.3 is 5.73 Å². The van der Waals surface area contributed by atoms with E-state index in [1.165, 1.54) is 23.0 Å². The molecule has 2 N–H and O–H groups in total. The number of primary amides is 1. The number of hydrogen-bond donors (Lipinski definition) is 1. The molecule has 0 saturated heterocycles. The van der Waals surface area contributed by atoms with Crippen molar-refractivity contribution < 1.29 is 18.0 Å². The van der Waals surface area contributed by atoms with Gasteiger partial charge >= 0.3 is 11.9 Å². The highest BCUT2D eigenvalue weighted by molar-refractivity contribution is 6.30. The second kappa shape index (κ2) is 9.93. The zero-order valence-corrected chi connectivity index (χ0v) is 19.7. The highest BCUT2D eigenvalue weighted by Crippen LogP contribution is 2.23. The van der Waals surface area contributed by atoms with Gasteiger partial charge in [0.25, 0.3) is 5.91 Å². The molecule has 14 heteroatoms. The molecule has 0 spiro atoms. The second-order valence-electron chi connectivity index (χ2n) is 7.75. The molecule has 1 aromatic carbocycles. The van der Waals surface area contributed by atoms with Crippen molar-refractivity contribution in [1.82, 2.24) is 34.1 Å². The highest BCUT2D eigenvalue weighted by atomic mass is 35.5. The summed E-state index contributed by atoms with van der Waals surface area (Å²) in [6, 6.07) is 9.70. The zero-order chi connectivity index (χ0) is 26.0. The molecule has 0 radical (unpaired) electrons. The Balaban J connectivity index is 1.76. The lowest BCUT2D eigenvalue weighted by atomic mass is 10.2. The molecule has 36 heavy (non-hydrogen) atoms. The maximum Gasteiger partial charge on any atom is 0.390 e.